The largest absolute Gasteiger partial charge is 0.327 e. The summed E-state index contributed by atoms with van der Waals surface area (Å²) in [6.07, 6.45) is 3.67. The normalized spacial score (nSPS) is 10.4. The van der Waals surface area contributed by atoms with E-state index in [2.05, 4.69) is 5.43 Å². The van der Waals surface area contributed by atoms with Crippen LogP contribution in [-0.4, -0.2) is 12.5 Å². The molecule has 0 bridgehead atoms. The molecule has 0 fully saturated rings. The van der Waals surface area contributed by atoms with E-state index in [0.717, 1.165) is 5.56 Å². The number of rotatable bonds is 3. The number of nitrogen functional groups attached to an aromatic ring is 1. The molecule has 0 heterocycles. The van der Waals surface area contributed by atoms with Gasteiger partial charge in [0.15, 0.2) is 0 Å². The highest BCUT2D eigenvalue weighted by Crippen LogP contribution is 2.06. The van der Waals surface area contributed by atoms with Gasteiger partial charge in [0.05, 0.1) is 0 Å². The number of nitrogens with two attached hydrogens (primary N) is 2. The van der Waals surface area contributed by atoms with Crippen molar-refractivity contribution < 1.29 is 4.79 Å². The summed E-state index contributed by atoms with van der Waals surface area (Å²) in [6.45, 7) is 0.479. The van der Waals surface area contributed by atoms with Gasteiger partial charge in [-0.2, -0.15) is 0 Å². The maximum atomic E-state index is 11.2. The zero-order valence-electron chi connectivity index (χ0n) is 7.73. The van der Waals surface area contributed by atoms with Crippen molar-refractivity contribution in [1.29, 1.82) is 0 Å². The smallest absolute Gasteiger partial charge is 0.265 e. The summed E-state index contributed by atoms with van der Waals surface area (Å²) in [7, 11) is 0. The van der Waals surface area contributed by atoms with E-state index in [1.807, 2.05) is 18.2 Å². The molecular formula is C10H13N3O. The first-order valence-electron chi connectivity index (χ1n) is 4.25. The van der Waals surface area contributed by atoms with E-state index in [1.54, 1.807) is 18.2 Å². The Bertz CT molecular complexity index is 347. The number of hydrazine groups is 1. The van der Waals surface area contributed by atoms with Gasteiger partial charge in [-0.15, -0.1) is 0 Å². The van der Waals surface area contributed by atoms with Gasteiger partial charge >= 0.3 is 0 Å². The van der Waals surface area contributed by atoms with Crippen LogP contribution in [0.5, 0.6) is 0 Å². The van der Waals surface area contributed by atoms with E-state index in [1.165, 1.54) is 0 Å². The molecule has 0 aliphatic heterocycles. The number of benzene rings is 1. The number of carbonyl (C=O) groups excluding carboxylic acids is 1. The molecule has 0 radical (unpaired) electrons. The molecule has 5 N–H and O–H groups in total. The molecule has 0 aromatic heterocycles. The minimum atomic E-state index is -0.298. The monoisotopic (exact) mass is 191 g/mol. The van der Waals surface area contributed by atoms with E-state index >= 15 is 0 Å². The second-order valence-electron chi connectivity index (χ2n) is 2.74. The lowest BCUT2D eigenvalue weighted by atomic mass is 10.1. The summed E-state index contributed by atoms with van der Waals surface area (Å²) in [5, 5.41) is 0. The zero-order chi connectivity index (χ0) is 10.4. The Morgan fingerprint density at radius 1 is 1.50 bits per heavy atom. The molecule has 0 saturated carbocycles. The van der Waals surface area contributed by atoms with Gasteiger partial charge in [-0.05, 0) is 17.7 Å². The maximum absolute atomic E-state index is 11.2. The quantitative estimate of drug-likeness (QED) is 0.364. The maximum Gasteiger partial charge on any atom is 0.265 e. The Hall–Kier alpha value is -1.65. The molecule has 0 unspecified atom stereocenters. The number of nitrogens with one attached hydrogen (secondary N) is 1. The molecule has 14 heavy (non-hydrogen) atoms. The molecule has 0 spiro atoms. The highest BCUT2D eigenvalue weighted by Gasteiger charge is 2.01. The predicted octanol–water partition coefficient (Wildman–Crippen LogP) is 0.262. The fourth-order valence-corrected chi connectivity index (χ4v) is 1.07. The molecule has 74 valence electrons. The van der Waals surface area contributed by atoms with Crippen molar-refractivity contribution >= 4 is 12.0 Å². The van der Waals surface area contributed by atoms with Gasteiger partial charge < -0.3 is 5.73 Å². The van der Waals surface area contributed by atoms with Crippen molar-refractivity contribution in [3.8, 4) is 0 Å². The van der Waals surface area contributed by atoms with E-state index in [4.69, 9.17) is 11.6 Å². The summed E-state index contributed by atoms with van der Waals surface area (Å²) in [5.74, 6) is 4.72. The molecule has 0 atom stereocenters. The molecule has 0 saturated heterocycles. The second kappa shape index (κ2) is 5.16. The van der Waals surface area contributed by atoms with Crippen LogP contribution in [0.15, 0.2) is 30.3 Å². The van der Waals surface area contributed by atoms with Gasteiger partial charge in [0.25, 0.3) is 5.91 Å². The average molecular weight is 191 g/mol. The lowest BCUT2D eigenvalue weighted by molar-refractivity contribution is 0.0953. The van der Waals surface area contributed by atoms with Gasteiger partial charge in [0.1, 0.15) is 0 Å². The Kier molecular flexibility index (Phi) is 3.84. The summed E-state index contributed by atoms with van der Waals surface area (Å²) in [6, 6.07) is 7.12. The van der Waals surface area contributed by atoms with Crippen molar-refractivity contribution in [3.63, 3.8) is 0 Å². The van der Waals surface area contributed by atoms with Gasteiger partial charge in [-0.25, -0.2) is 5.84 Å². The Labute approximate surface area is 82.6 Å². The van der Waals surface area contributed by atoms with E-state index in [9.17, 15) is 4.79 Å². The third-order valence-electron chi connectivity index (χ3n) is 1.73. The minimum Gasteiger partial charge on any atom is -0.327 e. The fourth-order valence-electron chi connectivity index (χ4n) is 1.07. The Morgan fingerprint density at radius 3 is 2.93 bits per heavy atom. The highest BCUT2D eigenvalue weighted by molar-refractivity contribution is 5.94. The van der Waals surface area contributed by atoms with Gasteiger partial charge in [-0.3, -0.25) is 10.2 Å². The van der Waals surface area contributed by atoms with Crippen LogP contribution in [0.4, 0.5) is 0 Å². The number of hydrogen-bond acceptors (Lipinski definition) is 3. The number of amides is 1. The molecule has 1 rings (SSSR count). The molecule has 4 nitrogen and oxygen atoms in total. The third kappa shape index (κ3) is 2.69. The molecular weight excluding hydrogens is 178 g/mol. The van der Waals surface area contributed by atoms with Crippen molar-refractivity contribution in [1.82, 2.24) is 5.43 Å². The fraction of sp³-hybridized carbons (Fsp3) is 0.100. The third-order valence-corrected chi connectivity index (χ3v) is 1.73. The first kappa shape index (κ1) is 10.4. The molecule has 1 aromatic rings. The van der Waals surface area contributed by atoms with Crippen LogP contribution in [0.25, 0.3) is 6.08 Å². The lowest BCUT2D eigenvalue weighted by Gasteiger charge is -2.00. The Balaban J connectivity index is 2.89. The predicted molar refractivity (Wildman–Crippen MR) is 56.2 cm³/mol. The number of hydrogen-bond donors (Lipinski definition) is 3. The molecule has 0 aliphatic carbocycles. The first-order chi connectivity index (χ1) is 6.77. The minimum absolute atomic E-state index is 0.298. The molecule has 1 aromatic carbocycles. The SMILES string of the molecule is NCC=Cc1cccc(C(=O)NN)c1. The summed E-state index contributed by atoms with van der Waals surface area (Å²) < 4.78 is 0. The lowest BCUT2D eigenvalue weighted by Crippen LogP contribution is -2.29. The van der Waals surface area contributed by atoms with E-state index < -0.39 is 0 Å². The molecule has 1 amide bonds. The Morgan fingerprint density at radius 2 is 2.29 bits per heavy atom. The zero-order valence-corrected chi connectivity index (χ0v) is 7.73. The van der Waals surface area contributed by atoms with Crippen LogP contribution in [0.1, 0.15) is 15.9 Å². The molecule has 0 aliphatic rings. The second-order valence-corrected chi connectivity index (χ2v) is 2.74. The average Bonchev–Trinajstić information content (AvgIpc) is 2.25. The van der Waals surface area contributed by atoms with E-state index in [-0.39, 0.29) is 5.91 Å². The number of carbonyl (C=O) groups is 1. The van der Waals surface area contributed by atoms with Crippen LogP contribution in [0, 0.1) is 0 Å². The van der Waals surface area contributed by atoms with Crippen molar-refractivity contribution in [2.24, 2.45) is 11.6 Å². The van der Waals surface area contributed by atoms with Gasteiger partial charge in [0, 0.05) is 12.1 Å². The molecule has 4 heteroatoms. The van der Waals surface area contributed by atoms with Crippen LogP contribution in [-0.2, 0) is 0 Å². The van der Waals surface area contributed by atoms with Crippen LogP contribution in [0.2, 0.25) is 0 Å². The van der Waals surface area contributed by atoms with Crippen LogP contribution >= 0.6 is 0 Å². The van der Waals surface area contributed by atoms with Crippen LogP contribution < -0.4 is 17.0 Å². The summed E-state index contributed by atoms with van der Waals surface area (Å²) in [4.78, 5) is 11.2. The standard InChI is InChI=1S/C10H13N3O/c11-6-2-4-8-3-1-5-9(7-8)10(14)13-12/h1-5,7H,6,11-12H2,(H,13,14). The van der Waals surface area contributed by atoms with Crippen molar-refractivity contribution in [2.45, 2.75) is 0 Å². The van der Waals surface area contributed by atoms with Gasteiger partial charge in [0.2, 0.25) is 0 Å². The van der Waals surface area contributed by atoms with Crippen molar-refractivity contribution in [3.05, 3.63) is 41.5 Å². The topological polar surface area (TPSA) is 81.1 Å². The highest BCUT2D eigenvalue weighted by atomic mass is 16.2. The van der Waals surface area contributed by atoms with Crippen LogP contribution in [0.3, 0.4) is 0 Å². The first-order valence-corrected chi connectivity index (χ1v) is 4.25. The summed E-state index contributed by atoms with van der Waals surface area (Å²) >= 11 is 0. The van der Waals surface area contributed by atoms with Gasteiger partial charge in [-0.1, -0.05) is 24.3 Å². The summed E-state index contributed by atoms with van der Waals surface area (Å²) in [5.41, 5.74) is 8.85. The van der Waals surface area contributed by atoms with E-state index in [0.29, 0.717) is 12.1 Å². The van der Waals surface area contributed by atoms with Crippen molar-refractivity contribution in [2.75, 3.05) is 6.54 Å².